The van der Waals surface area contributed by atoms with Gasteiger partial charge in [-0.25, -0.2) is 9.97 Å². The lowest BCUT2D eigenvalue weighted by Crippen LogP contribution is -2.28. The van der Waals surface area contributed by atoms with Crippen LogP contribution in [0.2, 0.25) is 0 Å². The zero-order valence-electron chi connectivity index (χ0n) is 10.5. The highest BCUT2D eigenvalue weighted by Crippen LogP contribution is 2.20. The summed E-state index contributed by atoms with van der Waals surface area (Å²) in [4.78, 5) is 12.7. The van der Waals surface area contributed by atoms with Gasteiger partial charge >= 0.3 is 0 Å². The van der Waals surface area contributed by atoms with Gasteiger partial charge in [-0.05, 0) is 25.9 Å². The molecule has 1 N–H and O–H groups in total. The van der Waals surface area contributed by atoms with Crippen LogP contribution >= 0.6 is 0 Å². The van der Waals surface area contributed by atoms with Gasteiger partial charge in [0.1, 0.15) is 12.1 Å². The molecule has 0 amide bonds. The van der Waals surface area contributed by atoms with Gasteiger partial charge in [0.25, 0.3) is 0 Å². The van der Waals surface area contributed by atoms with Crippen LogP contribution in [0.25, 0.3) is 0 Å². The van der Waals surface area contributed by atoms with Gasteiger partial charge in [-0.1, -0.05) is 0 Å². The molecule has 0 spiro atoms. The first-order valence-electron chi connectivity index (χ1n) is 6.00. The van der Waals surface area contributed by atoms with Crippen molar-refractivity contribution in [2.75, 3.05) is 38.6 Å². The highest BCUT2D eigenvalue weighted by Gasteiger charge is 2.21. The Hall–Kier alpha value is -1.20. The summed E-state index contributed by atoms with van der Waals surface area (Å²) >= 11 is 0. The van der Waals surface area contributed by atoms with Crippen LogP contribution in [-0.4, -0.2) is 53.7 Å². The third kappa shape index (κ3) is 2.92. The van der Waals surface area contributed by atoms with E-state index < -0.39 is 0 Å². The Morgan fingerprint density at radius 2 is 2.41 bits per heavy atom. The fourth-order valence-electron chi connectivity index (χ4n) is 2.46. The summed E-state index contributed by atoms with van der Waals surface area (Å²) in [5.41, 5.74) is 0.793. The number of aromatic nitrogens is 2. The third-order valence-electron chi connectivity index (χ3n) is 3.32. The summed E-state index contributed by atoms with van der Waals surface area (Å²) in [6, 6.07) is 0. The number of anilines is 1. The molecule has 0 aromatic carbocycles. The molecule has 1 saturated heterocycles. The van der Waals surface area contributed by atoms with Gasteiger partial charge in [-0.2, -0.15) is 0 Å². The molecule has 94 valence electrons. The number of rotatable bonds is 4. The molecule has 0 saturated carbocycles. The van der Waals surface area contributed by atoms with Crippen LogP contribution in [0.5, 0.6) is 0 Å². The molecule has 5 nitrogen and oxygen atoms in total. The molecule has 1 unspecified atom stereocenters. The lowest BCUT2D eigenvalue weighted by Gasteiger charge is -2.23. The van der Waals surface area contributed by atoms with Crippen molar-refractivity contribution < 1.29 is 5.11 Å². The zero-order valence-corrected chi connectivity index (χ0v) is 10.5. The molecule has 1 aliphatic rings. The average Bonchev–Trinajstić information content (AvgIpc) is 2.74. The first kappa shape index (κ1) is 12.3. The number of hydrogen-bond donors (Lipinski definition) is 1. The molecule has 0 bridgehead atoms. The van der Waals surface area contributed by atoms with Gasteiger partial charge in [0.15, 0.2) is 0 Å². The number of hydrogen-bond acceptors (Lipinski definition) is 5. The molecule has 1 aliphatic heterocycles. The van der Waals surface area contributed by atoms with E-state index in [1.807, 2.05) is 7.05 Å². The molecule has 5 heteroatoms. The summed E-state index contributed by atoms with van der Waals surface area (Å²) in [7, 11) is 4.18. The van der Waals surface area contributed by atoms with Crippen molar-refractivity contribution in [3.8, 4) is 0 Å². The first-order valence-corrected chi connectivity index (χ1v) is 6.00. The molecule has 2 rings (SSSR count). The standard InChI is InChI=1S/C12H20N4O/c1-15-4-3-10(6-15)7-16(2)12-11(8-17)5-13-9-14-12/h5,9-10,17H,3-4,6-8H2,1-2H3. The second-order valence-corrected chi connectivity index (χ2v) is 4.83. The summed E-state index contributed by atoms with van der Waals surface area (Å²) in [6.07, 6.45) is 4.45. The lowest BCUT2D eigenvalue weighted by atomic mass is 10.1. The minimum Gasteiger partial charge on any atom is -0.391 e. The number of nitrogens with zero attached hydrogens (tertiary/aromatic N) is 4. The Bertz CT molecular complexity index is 371. The van der Waals surface area contributed by atoms with E-state index in [1.165, 1.54) is 19.3 Å². The van der Waals surface area contributed by atoms with Crippen molar-refractivity contribution in [2.45, 2.75) is 13.0 Å². The average molecular weight is 236 g/mol. The van der Waals surface area contributed by atoms with Crippen LogP contribution in [0, 0.1) is 5.92 Å². The first-order chi connectivity index (χ1) is 8.20. The smallest absolute Gasteiger partial charge is 0.137 e. The number of aliphatic hydroxyl groups excluding tert-OH is 1. The van der Waals surface area contributed by atoms with E-state index in [0.29, 0.717) is 5.92 Å². The van der Waals surface area contributed by atoms with Crippen molar-refractivity contribution in [3.05, 3.63) is 18.1 Å². The minimum atomic E-state index is -0.00885. The highest BCUT2D eigenvalue weighted by molar-refractivity contribution is 5.44. The van der Waals surface area contributed by atoms with E-state index in [1.54, 1.807) is 6.20 Å². The van der Waals surface area contributed by atoms with Crippen LogP contribution in [0.3, 0.4) is 0 Å². The van der Waals surface area contributed by atoms with Crippen LogP contribution in [-0.2, 0) is 6.61 Å². The Labute approximate surface area is 102 Å². The molecule has 2 heterocycles. The van der Waals surface area contributed by atoms with E-state index in [4.69, 9.17) is 0 Å². The van der Waals surface area contributed by atoms with Gasteiger partial charge in [0, 0.05) is 31.9 Å². The second kappa shape index (κ2) is 5.42. The van der Waals surface area contributed by atoms with Crippen molar-refractivity contribution in [1.82, 2.24) is 14.9 Å². The van der Waals surface area contributed by atoms with Crippen LogP contribution in [0.15, 0.2) is 12.5 Å². The van der Waals surface area contributed by atoms with E-state index >= 15 is 0 Å². The predicted octanol–water partition coefficient (Wildman–Crippen LogP) is 0.357. The van der Waals surface area contributed by atoms with Crippen molar-refractivity contribution in [1.29, 1.82) is 0 Å². The van der Waals surface area contributed by atoms with Gasteiger partial charge in [-0.15, -0.1) is 0 Å². The molecular formula is C12H20N4O. The lowest BCUT2D eigenvalue weighted by molar-refractivity contribution is 0.281. The largest absolute Gasteiger partial charge is 0.391 e. The quantitative estimate of drug-likeness (QED) is 0.818. The van der Waals surface area contributed by atoms with Gasteiger partial charge < -0.3 is 14.9 Å². The van der Waals surface area contributed by atoms with Gasteiger partial charge in [-0.3, -0.25) is 0 Å². The third-order valence-corrected chi connectivity index (χ3v) is 3.32. The number of aliphatic hydroxyl groups is 1. The highest BCUT2D eigenvalue weighted by atomic mass is 16.3. The van der Waals surface area contributed by atoms with Crippen LogP contribution in [0.4, 0.5) is 5.82 Å². The van der Waals surface area contributed by atoms with E-state index in [-0.39, 0.29) is 6.61 Å². The predicted molar refractivity (Wildman–Crippen MR) is 66.8 cm³/mol. The topological polar surface area (TPSA) is 52.5 Å². The van der Waals surface area contributed by atoms with Crippen LogP contribution in [0.1, 0.15) is 12.0 Å². The summed E-state index contributed by atoms with van der Waals surface area (Å²) in [5.74, 6) is 1.53. The Balaban J connectivity index is 2.01. The monoisotopic (exact) mass is 236 g/mol. The zero-order chi connectivity index (χ0) is 12.3. The molecule has 1 aromatic rings. The molecule has 17 heavy (non-hydrogen) atoms. The van der Waals surface area contributed by atoms with Crippen molar-refractivity contribution in [2.24, 2.45) is 5.92 Å². The van der Waals surface area contributed by atoms with Crippen LogP contribution < -0.4 is 4.90 Å². The minimum absolute atomic E-state index is 0.00885. The van der Waals surface area contributed by atoms with E-state index in [2.05, 4.69) is 26.8 Å². The molecular weight excluding hydrogens is 216 g/mol. The second-order valence-electron chi connectivity index (χ2n) is 4.83. The molecule has 0 aliphatic carbocycles. The molecule has 1 atom stereocenters. The maximum atomic E-state index is 9.26. The summed E-state index contributed by atoms with van der Waals surface area (Å²) in [5, 5.41) is 9.26. The molecule has 0 radical (unpaired) electrons. The maximum absolute atomic E-state index is 9.26. The molecule has 1 fully saturated rings. The van der Waals surface area contributed by atoms with E-state index in [0.717, 1.165) is 24.5 Å². The van der Waals surface area contributed by atoms with Gasteiger partial charge in [0.05, 0.1) is 6.61 Å². The Morgan fingerprint density at radius 1 is 1.59 bits per heavy atom. The number of likely N-dealkylation sites (tertiary alicyclic amines) is 1. The van der Waals surface area contributed by atoms with Crippen molar-refractivity contribution in [3.63, 3.8) is 0 Å². The summed E-state index contributed by atoms with van der Waals surface area (Å²) in [6.45, 7) is 3.29. The fourth-order valence-corrected chi connectivity index (χ4v) is 2.46. The molecule has 1 aromatic heterocycles. The normalized spacial score (nSPS) is 20.8. The maximum Gasteiger partial charge on any atom is 0.137 e. The Morgan fingerprint density at radius 3 is 3.06 bits per heavy atom. The van der Waals surface area contributed by atoms with Gasteiger partial charge in [0.2, 0.25) is 0 Å². The SMILES string of the molecule is CN1CCC(CN(C)c2ncncc2CO)C1. The summed E-state index contributed by atoms with van der Waals surface area (Å²) < 4.78 is 0. The fraction of sp³-hybridized carbons (Fsp3) is 0.667. The van der Waals surface area contributed by atoms with Crippen molar-refractivity contribution >= 4 is 5.82 Å². The van der Waals surface area contributed by atoms with E-state index in [9.17, 15) is 5.11 Å². The Kier molecular flexibility index (Phi) is 3.91.